The maximum Gasteiger partial charge on any atom is 0.312 e. The minimum Gasteiger partial charge on any atom is -0.461 e. The van der Waals surface area contributed by atoms with E-state index in [9.17, 15) is 14.4 Å². The summed E-state index contributed by atoms with van der Waals surface area (Å²) in [7, 11) is 0. The van der Waals surface area contributed by atoms with Crippen molar-refractivity contribution < 1.29 is 29.0 Å². The number of carbonyl (C=O) groups excluding carboxylic acids is 3. The number of fused-ring (bicyclic) bond motifs is 1. The first-order valence-electron chi connectivity index (χ1n) is 12.9. The molecule has 3 aliphatic rings. The molecule has 3 fully saturated rings. The monoisotopic (exact) mass is 530 g/mol. The third-order valence-electron chi connectivity index (χ3n) is 7.67. The summed E-state index contributed by atoms with van der Waals surface area (Å²) in [4.78, 5) is 44.5. The van der Waals surface area contributed by atoms with Crippen LogP contribution >= 0.6 is 11.6 Å². The highest BCUT2D eigenvalue weighted by Gasteiger charge is 2.75. The number of aliphatic hydroxyl groups excluding tert-OH is 1. The lowest BCUT2D eigenvalue weighted by Crippen LogP contribution is -2.56. The fourth-order valence-electron chi connectivity index (χ4n) is 6.15. The van der Waals surface area contributed by atoms with Gasteiger partial charge in [-0.3, -0.25) is 14.4 Å². The Morgan fingerprint density at radius 3 is 2.59 bits per heavy atom. The molecule has 8 nitrogen and oxygen atoms in total. The van der Waals surface area contributed by atoms with Gasteiger partial charge in [-0.2, -0.15) is 0 Å². The number of nitrogens with zero attached hydrogens (tertiary/aromatic N) is 2. The van der Waals surface area contributed by atoms with E-state index < -0.39 is 35.6 Å². The molecule has 37 heavy (non-hydrogen) atoms. The molecule has 0 radical (unpaired) electrons. The quantitative estimate of drug-likeness (QED) is 0.238. The molecular formula is C28H35ClN2O6. The van der Waals surface area contributed by atoms with E-state index in [0.717, 1.165) is 12.8 Å². The van der Waals surface area contributed by atoms with Gasteiger partial charge in [-0.05, 0) is 49.9 Å². The lowest BCUT2D eigenvalue weighted by Gasteiger charge is -2.36. The number of anilines is 1. The number of ether oxygens (including phenoxy) is 2. The summed E-state index contributed by atoms with van der Waals surface area (Å²) in [5.74, 6) is -2.52. The number of hydrogen-bond acceptors (Lipinski definition) is 6. The van der Waals surface area contributed by atoms with Crippen molar-refractivity contribution in [2.75, 3.05) is 31.2 Å². The Kier molecular flexibility index (Phi) is 8.72. The summed E-state index contributed by atoms with van der Waals surface area (Å²) in [6, 6.07) is 6.07. The molecule has 1 aromatic rings. The minimum atomic E-state index is -1.09. The van der Waals surface area contributed by atoms with E-state index in [2.05, 4.69) is 13.2 Å². The fraction of sp³-hybridized carbons (Fsp3) is 0.536. The van der Waals surface area contributed by atoms with Crippen molar-refractivity contribution >= 4 is 35.1 Å². The second-order valence-electron chi connectivity index (χ2n) is 9.86. The van der Waals surface area contributed by atoms with E-state index in [-0.39, 0.29) is 31.6 Å². The zero-order chi connectivity index (χ0) is 26.6. The van der Waals surface area contributed by atoms with E-state index >= 15 is 0 Å². The first-order valence-corrected chi connectivity index (χ1v) is 13.3. The number of unbranched alkanes of at least 4 members (excludes halogenated alkanes) is 3. The number of halogens is 1. The highest BCUT2D eigenvalue weighted by molar-refractivity contribution is 6.30. The van der Waals surface area contributed by atoms with Gasteiger partial charge in [-0.1, -0.05) is 43.2 Å². The first kappa shape index (κ1) is 27.4. The Morgan fingerprint density at radius 1 is 1.19 bits per heavy atom. The molecule has 1 spiro atoms. The molecule has 1 N–H and O–H groups in total. The lowest BCUT2D eigenvalue weighted by atomic mass is 9.70. The molecule has 3 saturated heterocycles. The Balaban J connectivity index is 1.68. The minimum absolute atomic E-state index is 0.0522. The molecule has 5 atom stereocenters. The van der Waals surface area contributed by atoms with Crippen LogP contribution < -0.4 is 4.90 Å². The summed E-state index contributed by atoms with van der Waals surface area (Å²) in [6.45, 7) is 8.19. The van der Waals surface area contributed by atoms with Crippen LogP contribution in [-0.4, -0.2) is 71.8 Å². The number of esters is 1. The number of likely N-dealkylation sites (tertiary alicyclic amines) is 1. The standard InChI is InChI=1S/C28H35ClN2O6/c1-3-15-30(20-11-9-19(29)10-12-20)26(34)24-28-14-13-21(37-28)22(27(35)36-18-4-2)23(28)25(33)31(24)16-7-5-6-8-17-32/h3-4,9-12,21-24,32H,1-2,5-8,13-18H2/t21-,22+,23+,24?,28?/m1/s1. The van der Waals surface area contributed by atoms with Crippen molar-refractivity contribution in [3.63, 3.8) is 0 Å². The van der Waals surface area contributed by atoms with Crippen LogP contribution in [0.4, 0.5) is 5.69 Å². The maximum atomic E-state index is 14.3. The van der Waals surface area contributed by atoms with Crippen LogP contribution in [0.25, 0.3) is 0 Å². The Bertz CT molecular complexity index is 1030. The van der Waals surface area contributed by atoms with Crippen LogP contribution in [0.1, 0.15) is 38.5 Å². The summed E-state index contributed by atoms with van der Waals surface area (Å²) in [6.07, 6.45) is 6.76. The third-order valence-corrected chi connectivity index (χ3v) is 7.92. The molecule has 2 amide bonds. The van der Waals surface area contributed by atoms with E-state index in [1.807, 2.05) is 0 Å². The van der Waals surface area contributed by atoms with Gasteiger partial charge >= 0.3 is 5.97 Å². The van der Waals surface area contributed by atoms with Gasteiger partial charge in [-0.15, -0.1) is 6.58 Å². The van der Waals surface area contributed by atoms with E-state index in [4.69, 9.17) is 26.2 Å². The average molecular weight is 531 g/mol. The Labute approximate surface area is 222 Å². The van der Waals surface area contributed by atoms with Crippen LogP contribution in [-0.2, 0) is 23.9 Å². The smallest absolute Gasteiger partial charge is 0.312 e. The van der Waals surface area contributed by atoms with Gasteiger partial charge in [0.15, 0.2) is 0 Å². The number of hydrogen-bond donors (Lipinski definition) is 1. The molecular weight excluding hydrogens is 496 g/mol. The molecule has 1 aromatic carbocycles. The maximum absolute atomic E-state index is 14.3. The zero-order valence-electron chi connectivity index (χ0n) is 21.0. The van der Waals surface area contributed by atoms with Crippen molar-refractivity contribution in [1.82, 2.24) is 4.90 Å². The molecule has 0 aliphatic carbocycles. The molecule has 3 aliphatic heterocycles. The van der Waals surface area contributed by atoms with Crippen molar-refractivity contribution in [3.05, 3.63) is 54.6 Å². The summed E-state index contributed by atoms with van der Waals surface area (Å²) in [5.41, 5.74) is -0.452. The highest BCUT2D eigenvalue weighted by Crippen LogP contribution is 2.59. The second kappa shape index (κ2) is 11.8. The van der Waals surface area contributed by atoms with Crippen molar-refractivity contribution in [2.24, 2.45) is 11.8 Å². The average Bonchev–Trinajstić information content (AvgIpc) is 3.53. The predicted octanol–water partition coefficient (Wildman–Crippen LogP) is 3.52. The number of rotatable bonds is 13. The summed E-state index contributed by atoms with van der Waals surface area (Å²) < 4.78 is 11.8. The number of amides is 2. The zero-order valence-corrected chi connectivity index (χ0v) is 21.8. The normalized spacial score (nSPS) is 27.7. The van der Waals surface area contributed by atoms with Crippen molar-refractivity contribution in [2.45, 2.75) is 56.3 Å². The van der Waals surface area contributed by atoms with E-state index in [1.165, 1.54) is 6.08 Å². The van der Waals surface area contributed by atoms with Crippen LogP contribution in [0.3, 0.4) is 0 Å². The van der Waals surface area contributed by atoms with Crippen LogP contribution in [0.5, 0.6) is 0 Å². The Hall–Kier alpha value is -2.68. The van der Waals surface area contributed by atoms with Gasteiger partial charge < -0.3 is 24.4 Å². The number of benzene rings is 1. The van der Waals surface area contributed by atoms with Crippen LogP contribution in [0.2, 0.25) is 5.02 Å². The highest BCUT2D eigenvalue weighted by atomic mass is 35.5. The molecule has 9 heteroatoms. The van der Waals surface area contributed by atoms with Gasteiger partial charge in [-0.25, -0.2) is 0 Å². The molecule has 0 aromatic heterocycles. The first-order chi connectivity index (χ1) is 17.9. The molecule has 200 valence electrons. The molecule has 0 saturated carbocycles. The summed E-state index contributed by atoms with van der Waals surface area (Å²) >= 11 is 6.08. The second-order valence-corrected chi connectivity index (χ2v) is 10.3. The SMILES string of the molecule is C=CCOC(=O)[C@@H]1[C@H]2C(=O)N(CCCCCCO)C(C(=O)N(CC=C)c3ccc(Cl)cc3)C23CC[C@H]1O3. The third kappa shape index (κ3) is 5.07. The topological polar surface area (TPSA) is 96.4 Å². The van der Waals surface area contributed by atoms with Gasteiger partial charge in [0.1, 0.15) is 18.2 Å². The van der Waals surface area contributed by atoms with Crippen LogP contribution in [0.15, 0.2) is 49.6 Å². The van der Waals surface area contributed by atoms with E-state index in [1.54, 1.807) is 40.1 Å². The largest absolute Gasteiger partial charge is 0.461 e. The molecule has 2 bridgehead atoms. The van der Waals surface area contributed by atoms with Gasteiger partial charge in [0.25, 0.3) is 5.91 Å². The number of aliphatic hydroxyl groups is 1. The van der Waals surface area contributed by atoms with Gasteiger partial charge in [0.2, 0.25) is 5.91 Å². The lowest BCUT2D eigenvalue weighted by molar-refractivity contribution is -0.154. The van der Waals surface area contributed by atoms with Crippen molar-refractivity contribution in [1.29, 1.82) is 0 Å². The van der Waals surface area contributed by atoms with Crippen LogP contribution in [0, 0.1) is 11.8 Å². The fourth-order valence-corrected chi connectivity index (χ4v) is 6.27. The molecule has 4 rings (SSSR count). The number of carbonyl (C=O) groups is 3. The van der Waals surface area contributed by atoms with Gasteiger partial charge in [0.05, 0.1) is 17.9 Å². The molecule has 3 heterocycles. The van der Waals surface area contributed by atoms with Crippen molar-refractivity contribution in [3.8, 4) is 0 Å². The van der Waals surface area contributed by atoms with E-state index in [0.29, 0.717) is 42.9 Å². The summed E-state index contributed by atoms with van der Waals surface area (Å²) in [5, 5.41) is 9.64. The molecule has 2 unspecified atom stereocenters. The Morgan fingerprint density at radius 2 is 1.92 bits per heavy atom. The van der Waals surface area contributed by atoms with Gasteiger partial charge in [0, 0.05) is 30.4 Å². The predicted molar refractivity (Wildman–Crippen MR) is 140 cm³/mol.